The molecule has 1 unspecified atom stereocenters. The number of nitrogens with two attached hydrogens (primary N) is 2. The quantitative estimate of drug-likeness (QED) is 0.797. The molecular formula is C12H19N3. The predicted octanol–water partition coefficient (Wildman–Crippen LogP) is 2.54. The highest BCUT2D eigenvalue weighted by atomic mass is 14.9. The van der Waals surface area contributed by atoms with Crippen molar-refractivity contribution < 1.29 is 0 Å². The third-order valence-corrected chi connectivity index (χ3v) is 3.61. The van der Waals surface area contributed by atoms with E-state index in [-0.39, 0.29) is 0 Å². The highest BCUT2D eigenvalue weighted by Gasteiger charge is 2.28. The Hall–Kier alpha value is -1.25. The molecule has 15 heavy (non-hydrogen) atoms. The lowest BCUT2D eigenvalue weighted by atomic mass is 9.72. The summed E-state index contributed by atoms with van der Waals surface area (Å²) in [4.78, 5) is 4.01. The molecule has 82 valence electrons. The minimum absolute atomic E-state index is 0.477. The van der Waals surface area contributed by atoms with E-state index < -0.39 is 0 Å². The van der Waals surface area contributed by atoms with E-state index >= 15 is 0 Å². The third-order valence-electron chi connectivity index (χ3n) is 3.61. The van der Waals surface area contributed by atoms with Gasteiger partial charge < -0.3 is 11.5 Å². The molecule has 1 fully saturated rings. The van der Waals surface area contributed by atoms with Gasteiger partial charge in [0.2, 0.25) is 0 Å². The third kappa shape index (κ3) is 1.78. The van der Waals surface area contributed by atoms with Gasteiger partial charge in [-0.1, -0.05) is 13.3 Å². The van der Waals surface area contributed by atoms with Crippen LogP contribution in [-0.4, -0.2) is 4.98 Å². The zero-order valence-electron chi connectivity index (χ0n) is 9.24. The van der Waals surface area contributed by atoms with Crippen molar-refractivity contribution in [2.45, 2.75) is 38.5 Å². The van der Waals surface area contributed by atoms with Gasteiger partial charge in [-0.3, -0.25) is 0 Å². The van der Waals surface area contributed by atoms with Crippen LogP contribution in [0.15, 0.2) is 12.3 Å². The maximum absolute atomic E-state index is 5.99. The molecule has 4 N–H and O–H groups in total. The number of hydrogen-bond donors (Lipinski definition) is 2. The van der Waals surface area contributed by atoms with Crippen molar-refractivity contribution in [3.63, 3.8) is 0 Å². The Bertz CT molecular complexity index is 345. The van der Waals surface area contributed by atoms with Gasteiger partial charge in [0.25, 0.3) is 0 Å². The molecule has 2 rings (SSSR count). The van der Waals surface area contributed by atoms with E-state index in [0.717, 1.165) is 12.3 Å². The van der Waals surface area contributed by atoms with Gasteiger partial charge in [0.1, 0.15) is 5.82 Å². The van der Waals surface area contributed by atoms with Gasteiger partial charge in [0.15, 0.2) is 0 Å². The topological polar surface area (TPSA) is 64.9 Å². The van der Waals surface area contributed by atoms with E-state index in [1.54, 1.807) is 6.20 Å². The summed E-state index contributed by atoms with van der Waals surface area (Å²) in [6, 6.07) is 2.03. The first-order valence-electron chi connectivity index (χ1n) is 5.74. The van der Waals surface area contributed by atoms with Crippen LogP contribution < -0.4 is 11.5 Å². The molecule has 3 nitrogen and oxygen atoms in total. The van der Waals surface area contributed by atoms with Crippen molar-refractivity contribution in [2.24, 2.45) is 5.92 Å². The number of hydrogen-bond acceptors (Lipinski definition) is 3. The van der Waals surface area contributed by atoms with Crippen LogP contribution >= 0.6 is 0 Å². The SMILES string of the molecule is CCC(c1ccnc(N)c1N)C1CCC1. The van der Waals surface area contributed by atoms with Crippen molar-refractivity contribution in [2.75, 3.05) is 11.5 Å². The minimum atomic E-state index is 0.477. The fourth-order valence-corrected chi connectivity index (χ4v) is 2.48. The molecule has 0 aromatic carbocycles. The zero-order chi connectivity index (χ0) is 10.8. The molecular weight excluding hydrogens is 186 g/mol. The van der Waals surface area contributed by atoms with Crippen molar-refractivity contribution >= 4 is 11.5 Å². The smallest absolute Gasteiger partial charge is 0.146 e. The molecule has 1 aromatic rings. The molecule has 1 atom stereocenters. The Morgan fingerprint density at radius 1 is 1.47 bits per heavy atom. The van der Waals surface area contributed by atoms with Crippen LogP contribution in [0.4, 0.5) is 11.5 Å². The maximum atomic E-state index is 5.99. The van der Waals surface area contributed by atoms with E-state index in [9.17, 15) is 0 Å². The summed E-state index contributed by atoms with van der Waals surface area (Å²) in [5, 5.41) is 0. The summed E-state index contributed by atoms with van der Waals surface area (Å²) in [6.07, 6.45) is 6.93. The fourth-order valence-electron chi connectivity index (χ4n) is 2.48. The average Bonchev–Trinajstić information content (AvgIpc) is 2.16. The maximum Gasteiger partial charge on any atom is 0.146 e. The van der Waals surface area contributed by atoms with Crippen LogP contribution in [0.25, 0.3) is 0 Å². The van der Waals surface area contributed by atoms with Crippen LogP contribution in [-0.2, 0) is 0 Å². The van der Waals surface area contributed by atoms with Crippen LogP contribution in [0.3, 0.4) is 0 Å². The van der Waals surface area contributed by atoms with Crippen LogP contribution in [0.2, 0.25) is 0 Å². The Labute approximate surface area is 90.9 Å². The van der Waals surface area contributed by atoms with Gasteiger partial charge in [-0.2, -0.15) is 0 Å². The molecule has 0 aliphatic heterocycles. The Balaban J connectivity index is 2.29. The van der Waals surface area contributed by atoms with E-state index in [2.05, 4.69) is 11.9 Å². The van der Waals surface area contributed by atoms with E-state index in [1.807, 2.05) is 6.07 Å². The number of nitrogens with zero attached hydrogens (tertiary/aromatic N) is 1. The van der Waals surface area contributed by atoms with Gasteiger partial charge in [-0.15, -0.1) is 0 Å². The normalized spacial score (nSPS) is 18.5. The van der Waals surface area contributed by atoms with Crippen molar-refractivity contribution in [3.05, 3.63) is 17.8 Å². The van der Waals surface area contributed by atoms with Gasteiger partial charge in [-0.25, -0.2) is 4.98 Å². The number of aromatic nitrogens is 1. The predicted molar refractivity (Wildman–Crippen MR) is 63.4 cm³/mol. The summed E-state index contributed by atoms with van der Waals surface area (Å²) in [7, 11) is 0. The lowest BCUT2D eigenvalue weighted by Crippen LogP contribution is -2.21. The molecule has 0 amide bonds. The van der Waals surface area contributed by atoms with Gasteiger partial charge in [-0.05, 0) is 42.7 Å². The Morgan fingerprint density at radius 3 is 2.73 bits per heavy atom. The highest BCUT2D eigenvalue weighted by molar-refractivity contribution is 5.63. The summed E-state index contributed by atoms with van der Waals surface area (Å²) < 4.78 is 0. The summed E-state index contributed by atoms with van der Waals surface area (Å²) in [5.74, 6) is 1.86. The van der Waals surface area contributed by atoms with Gasteiger partial charge in [0, 0.05) is 6.20 Å². The van der Waals surface area contributed by atoms with Gasteiger partial charge >= 0.3 is 0 Å². The lowest BCUT2D eigenvalue weighted by molar-refractivity contribution is 0.256. The summed E-state index contributed by atoms with van der Waals surface area (Å²) >= 11 is 0. The molecule has 1 aliphatic rings. The van der Waals surface area contributed by atoms with Crippen molar-refractivity contribution in [1.82, 2.24) is 4.98 Å². The molecule has 1 aromatic heterocycles. The zero-order valence-corrected chi connectivity index (χ0v) is 9.24. The largest absolute Gasteiger partial charge is 0.396 e. The first-order chi connectivity index (χ1) is 7.24. The fraction of sp³-hybridized carbons (Fsp3) is 0.583. The molecule has 1 aliphatic carbocycles. The summed E-state index contributed by atoms with van der Waals surface area (Å²) in [5.41, 5.74) is 13.6. The minimum Gasteiger partial charge on any atom is -0.396 e. The summed E-state index contributed by atoms with van der Waals surface area (Å²) in [6.45, 7) is 2.22. The van der Waals surface area contributed by atoms with Crippen LogP contribution in [0, 0.1) is 5.92 Å². The molecule has 1 saturated carbocycles. The molecule has 0 saturated heterocycles. The number of nitrogen functional groups attached to an aromatic ring is 2. The van der Waals surface area contributed by atoms with E-state index in [0.29, 0.717) is 17.4 Å². The lowest BCUT2D eigenvalue weighted by Gasteiger charge is -2.34. The van der Waals surface area contributed by atoms with Crippen LogP contribution in [0.5, 0.6) is 0 Å². The monoisotopic (exact) mass is 205 g/mol. The second-order valence-corrected chi connectivity index (χ2v) is 4.40. The van der Waals surface area contributed by atoms with Gasteiger partial charge in [0.05, 0.1) is 5.69 Å². The second-order valence-electron chi connectivity index (χ2n) is 4.40. The molecule has 0 spiro atoms. The molecule has 0 radical (unpaired) electrons. The number of pyridine rings is 1. The Morgan fingerprint density at radius 2 is 2.20 bits per heavy atom. The number of rotatable bonds is 3. The molecule has 1 heterocycles. The Kier molecular flexibility index (Phi) is 2.80. The van der Waals surface area contributed by atoms with Crippen molar-refractivity contribution in [3.8, 4) is 0 Å². The average molecular weight is 205 g/mol. The van der Waals surface area contributed by atoms with E-state index in [4.69, 9.17) is 11.5 Å². The molecule has 3 heteroatoms. The first kappa shape index (κ1) is 10.3. The first-order valence-corrected chi connectivity index (χ1v) is 5.74. The van der Waals surface area contributed by atoms with Crippen LogP contribution in [0.1, 0.15) is 44.1 Å². The molecule has 0 bridgehead atoms. The standard InChI is InChI=1S/C12H19N3/c1-2-9(8-4-3-5-8)10-6-7-15-12(14)11(10)13/h6-9H,2-5,13H2,1H3,(H2,14,15). The van der Waals surface area contributed by atoms with Crippen molar-refractivity contribution in [1.29, 1.82) is 0 Å². The van der Waals surface area contributed by atoms with E-state index in [1.165, 1.54) is 24.8 Å². The highest BCUT2D eigenvalue weighted by Crippen LogP contribution is 2.43. The second kappa shape index (κ2) is 4.09. The number of anilines is 2.